The minimum Gasteiger partial charge on any atom is -0.870 e. The van der Waals surface area contributed by atoms with E-state index < -0.39 is 116 Å². The molecular formula is C30H38N2O18. The number of fused-ring (bicyclic) bond motifs is 1. The van der Waals surface area contributed by atoms with E-state index in [2.05, 4.69) is 5.32 Å². The van der Waals surface area contributed by atoms with Gasteiger partial charge in [-0.2, -0.15) is 0 Å². The average Bonchev–Trinajstić information content (AvgIpc) is 3.43. The molecule has 13 atom stereocenters. The Morgan fingerprint density at radius 2 is 1.52 bits per heavy atom. The Bertz CT molecular complexity index is 1520. The van der Waals surface area contributed by atoms with Gasteiger partial charge in [-0.25, -0.2) is 14.4 Å². The van der Waals surface area contributed by atoms with Crippen LogP contribution < -0.4 is 20.1 Å². The van der Waals surface area contributed by atoms with Crippen LogP contribution in [0.1, 0.15) is 12.0 Å². The summed E-state index contributed by atoms with van der Waals surface area (Å²) >= 11 is 0. The molecule has 1 aromatic rings. The first-order valence-corrected chi connectivity index (χ1v) is 15.5. The molecule has 2 fully saturated rings. The first-order chi connectivity index (χ1) is 23.6. The first-order valence-electron chi connectivity index (χ1n) is 15.5. The van der Waals surface area contributed by atoms with Gasteiger partial charge in [0.25, 0.3) is 0 Å². The lowest BCUT2D eigenvalue weighted by molar-refractivity contribution is -0.838. The Balaban J connectivity index is 1.44. The topological polar surface area (TPSA) is 330 Å². The van der Waals surface area contributed by atoms with Crippen LogP contribution in [0.15, 0.2) is 35.6 Å². The van der Waals surface area contributed by atoms with Gasteiger partial charge in [0.05, 0.1) is 13.2 Å². The zero-order valence-electron chi connectivity index (χ0n) is 26.0. The summed E-state index contributed by atoms with van der Waals surface area (Å²) < 4.78 is 22.4. The van der Waals surface area contributed by atoms with Crippen molar-refractivity contribution in [2.24, 2.45) is 0 Å². The van der Waals surface area contributed by atoms with Crippen molar-refractivity contribution in [3.8, 4) is 11.5 Å². The van der Waals surface area contributed by atoms with Gasteiger partial charge in [0.2, 0.25) is 6.29 Å². The summed E-state index contributed by atoms with van der Waals surface area (Å²) in [6, 6.07) is -0.0314. The largest absolute Gasteiger partial charge is 0.870 e. The predicted octanol–water partition coefficient (Wildman–Crippen LogP) is -6.37. The summed E-state index contributed by atoms with van der Waals surface area (Å²) in [6.45, 7) is -1.73. The minimum atomic E-state index is -1.94. The maximum Gasteiger partial charge on any atom is 0.363 e. The molecule has 5 rings (SSSR count). The third-order valence-electron chi connectivity index (χ3n) is 9.08. The Kier molecular flexibility index (Phi) is 11.3. The van der Waals surface area contributed by atoms with Crippen molar-refractivity contribution in [3.05, 3.63) is 41.1 Å². The molecule has 50 heavy (non-hydrogen) atoms. The number of carboxylic acids is 3. The van der Waals surface area contributed by atoms with E-state index in [9.17, 15) is 70.6 Å². The molecule has 0 amide bonds. The van der Waals surface area contributed by atoms with Crippen LogP contribution in [0, 0.1) is 0 Å². The third-order valence-corrected chi connectivity index (χ3v) is 9.08. The van der Waals surface area contributed by atoms with Crippen molar-refractivity contribution >= 4 is 23.6 Å². The molecule has 0 radical (unpaired) electrons. The fourth-order valence-electron chi connectivity index (χ4n) is 6.35. The summed E-state index contributed by atoms with van der Waals surface area (Å²) in [7, 11) is 0. The van der Waals surface area contributed by atoms with Gasteiger partial charge in [-0.15, -0.1) is 0 Å². The van der Waals surface area contributed by atoms with Crippen LogP contribution in [-0.4, -0.2) is 162 Å². The highest BCUT2D eigenvalue weighted by Gasteiger charge is 2.51. The maximum absolute atomic E-state index is 13.2. The highest BCUT2D eigenvalue weighted by molar-refractivity contribution is 5.89. The zero-order valence-corrected chi connectivity index (χ0v) is 26.0. The van der Waals surface area contributed by atoms with Crippen LogP contribution in [0.3, 0.4) is 0 Å². The SMILES string of the molecule is O=C(O)C1=CC(=CC[NH+]2c3cc(O[C@@H]4O[C@H](CO)[C@@H](O)[C@H](O)[C@H]4O[C@@H]4O[C@H](CO)[C@@H](O)[C@H](O)[C@H]4O)c([O-])cc3C[C@H]2C(=O)O)C[C@H](C(=O)O)N1. The lowest BCUT2D eigenvalue weighted by atomic mass is 9.97. The van der Waals surface area contributed by atoms with E-state index in [1.165, 1.54) is 18.2 Å². The number of allylic oxidation sites excluding steroid dienone is 1. The molecule has 12 N–H and O–H groups in total. The van der Waals surface area contributed by atoms with Gasteiger partial charge < -0.3 is 80.4 Å². The number of carbonyl (C=O) groups is 3. The molecule has 20 nitrogen and oxygen atoms in total. The van der Waals surface area contributed by atoms with Crippen molar-refractivity contribution in [1.29, 1.82) is 0 Å². The molecule has 0 saturated carbocycles. The second kappa shape index (κ2) is 15.1. The molecule has 0 aromatic heterocycles. The van der Waals surface area contributed by atoms with E-state index in [-0.39, 0.29) is 35.7 Å². The van der Waals surface area contributed by atoms with Crippen LogP contribution in [0.25, 0.3) is 0 Å². The number of quaternary nitrogens is 1. The Morgan fingerprint density at radius 1 is 0.880 bits per heavy atom. The zero-order chi connectivity index (χ0) is 36.6. The van der Waals surface area contributed by atoms with E-state index in [0.29, 0.717) is 11.1 Å². The van der Waals surface area contributed by atoms with Gasteiger partial charge in [-0.05, 0) is 17.7 Å². The second-order valence-electron chi connectivity index (χ2n) is 12.3. The summed E-state index contributed by atoms with van der Waals surface area (Å²) in [6.07, 6.45) is -15.0. The van der Waals surface area contributed by atoms with E-state index in [1.54, 1.807) is 0 Å². The minimum absolute atomic E-state index is 0.0888. The predicted molar refractivity (Wildman–Crippen MR) is 157 cm³/mol. The monoisotopic (exact) mass is 714 g/mol. The molecule has 0 aliphatic carbocycles. The number of benzene rings is 1. The molecule has 1 aromatic carbocycles. The number of carboxylic acid groups (broad SMARTS) is 3. The lowest BCUT2D eigenvalue weighted by Gasteiger charge is -2.46. The molecule has 1 unspecified atom stereocenters. The number of nitrogens with one attached hydrogen (secondary N) is 2. The van der Waals surface area contributed by atoms with Gasteiger partial charge in [0.1, 0.15) is 72.4 Å². The third kappa shape index (κ3) is 7.41. The fourth-order valence-corrected chi connectivity index (χ4v) is 6.35. The number of hydrogen-bond acceptors (Lipinski definition) is 16. The lowest BCUT2D eigenvalue weighted by Crippen LogP contribution is -3.11. The molecule has 276 valence electrons. The molecule has 4 aliphatic rings. The Labute approximate surface area is 282 Å². The number of aliphatic hydroxyl groups excluding tert-OH is 7. The van der Waals surface area contributed by atoms with Crippen LogP contribution in [0.4, 0.5) is 5.69 Å². The van der Waals surface area contributed by atoms with Crippen LogP contribution in [0.5, 0.6) is 11.5 Å². The van der Waals surface area contributed by atoms with Gasteiger partial charge in [-0.3, -0.25) is 4.90 Å². The standard InChI is InChI=1S/C30H38N2O18/c33-8-18-20(36)22(38)24(40)29(48-18)50-25-23(39)21(37)19(9-34)49-30(25)47-17-7-14-11(6-16(17)35)5-15(28(45)46)32(14)2-1-10-3-12(26(41)42)31-13(4-10)27(43)44/h1,3,6-7,13,15,18-25,29-31,33-40H,2,4-5,8-9H2,(H,41,42)(H,43,44)(H,45,46)/t13-,15+,18-,19-,20-,21-,22+,23+,24-,25-,29+,30-/m1/s1. The average molecular weight is 715 g/mol. The van der Waals surface area contributed by atoms with Crippen LogP contribution >= 0.6 is 0 Å². The number of aliphatic carboxylic acids is 3. The molecule has 4 heterocycles. The molecule has 2 saturated heterocycles. The fraction of sp³-hybridized carbons (Fsp3) is 0.567. The quantitative estimate of drug-likeness (QED) is 0.101. The second-order valence-corrected chi connectivity index (χ2v) is 12.3. The molecule has 0 spiro atoms. The first kappa shape index (κ1) is 37.3. The summed E-state index contributed by atoms with van der Waals surface area (Å²) in [4.78, 5) is 35.7. The van der Waals surface area contributed by atoms with E-state index in [0.717, 1.165) is 6.07 Å². The number of ether oxygens (including phenoxy) is 4. The maximum atomic E-state index is 13.2. The van der Waals surface area contributed by atoms with Gasteiger partial charge in [0, 0.05) is 24.5 Å². The van der Waals surface area contributed by atoms with E-state index in [1.807, 2.05) is 0 Å². The van der Waals surface area contributed by atoms with Crippen LogP contribution in [0.2, 0.25) is 0 Å². The number of hydrogen-bond donors (Lipinski definition) is 12. The summed E-state index contributed by atoms with van der Waals surface area (Å²) in [5, 5.41) is 116. The highest BCUT2D eigenvalue weighted by Crippen LogP contribution is 2.36. The Hall–Kier alpha value is -3.93. The van der Waals surface area contributed by atoms with Gasteiger partial charge >= 0.3 is 17.9 Å². The normalized spacial score (nSPS) is 37.8. The number of aliphatic hydroxyl groups is 7. The molecule has 20 heteroatoms. The van der Waals surface area contributed by atoms with Gasteiger partial charge in [-0.1, -0.05) is 11.8 Å². The van der Waals surface area contributed by atoms with E-state index in [4.69, 9.17) is 18.9 Å². The number of rotatable bonds is 11. The van der Waals surface area contributed by atoms with Gasteiger partial charge in [0.15, 0.2) is 18.4 Å². The molecular weight excluding hydrogens is 676 g/mol. The van der Waals surface area contributed by atoms with Crippen molar-refractivity contribution in [2.75, 3.05) is 19.8 Å². The summed E-state index contributed by atoms with van der Waals surface area (Å²) in [5.41, 5.74) is 0.550. The van der Waals surface area contributed by atoms with Crippen molar-refractivity contribution < 1.29 is 94.4 Å². The van der Waals surface area contributed by atoms with Crippen LogP contribution in [-0.2, 0) is 35.0 Å². The van der Waals surface area contributed by atoms with Crippen molar-refractivity contribution in [2.45, 2.75) is 86.3 Å². The molecule has 4 aliphatic heterocycles. The Morgan fingerprint density at radius 3 is 2.12 bits per heavy atom. The van der Waals surface area contributed by atoms with E-state index >= 15 is 0 Å². The summed E-state index contributed by atoms with van der Waals surface area (Å²) in [5.74, 6) is -5.14. The highest BCUT2D eigenvalue weighted by atomic mass is 16.8. The smallest absolute Gasteiger partial charge is 0.363 e. The molecule has 0 bridgehead atoms. The van der Waals surface area contributed by atoms with Crippen molar-refractivity contribution in [3.63, 3.8) is 0 Å². The van der Waals surface area contributed by atoms with Crippen molar-refractivity contribution in [1.82, 2.24) is 5.32 Å².